The minimum absolute atomic E-state index is 0.157. The van der Waals surface area contributed by atoms with Crippen LogP contribution in [-0.2, 0) is 9.63 Å². The van der Waals surface area contributed by atoms with Gasteiger partial charge in [-0.15, -0.1) is 0 Å². The van der Waals surface area contributed by atoms with Crippen molar-refractivity contribution in [3.8, 4) is 11.5 Å². The maximum atomic E-state index is 11.9. The van der Waals surface area contributed by atoms with Crippen LogP contribution in [0.25, 0.3) is 0 Å². The molecule has 6 nitrogen and oxygen atoms in total. The van der Waals surface area contributed by atoms with Crippen molar-refractivity contribution in [1.82, 2.24) is 0 Å². The Bertz CT molecular complexity index is 786. The van der Waals surface area contributed by atoms with Gasteiger partial charge in [-0.3, -0.25) is 4.79 Å². The molecule has 1 aliphatic rings. The number of nitrogens with one attached hydrogen (secondary N) is 1. The topological polar surface area (TPSA) is 69.2 Å². The van der Waals surface area contributed by atoms with E-state index >= 15 is 0 Å². The van der Waals surface area contributed by atoms with Crippen LogP contribution < -0.4 is 14.8 Å². The zero-order valence-electron chi connectivity index (χ0n) is 13.5. The first kappa shape index (κ1) is 15.9. The first-order chi connectivity index (χ1) is 11.6. The van der Waals surface area contributed by atoms with Crippen LogP contribution >= 0.6 is 0 Å². The van der Waals surface area contributed by atoms with Crippen molar-refractivity contribution in [2.45, 2.75) is 13.8 Å². The summed E-state index contributed by atoms with van der Waals surface area (Å²) in [6.45, 7) is 3.83. The van der Waals surface area contributed by atoms with E-state index in [1.807, 2.05) is 49.4 Å². The minimum Gasteiger partial charge on any atom is -0.454 e. The molecule has 0 aromatic heterocycles. The van der Waals surface area contributed by atoms with Crippen molar-refractivity contribution in [2.75, 3.05) is 18.7 Å². The molecule has 0 bridgehead atoms. The van der Waals surface area contributed by atoms with Gasteiger partial charge in [0, 0.05) is 11.3 Å². The Morgan fingerprint density at radius 2 is 2.04 bits per heavy atom. The fourth-order valence-corrected chi connectivity index (χ4v) is 2.28. The number of nitrogens with zero attached hydrogens (tertiary/aromatic N) is 1. The van der Waals surface area contributed by atoms with Crippen molar-refractivity contribution < 1.29 is 19.1 Å². The maximum absolute atomic E-state index is 11.9. The number of benzene rings is 2. The van der Waals surface area contributed by atoms with Crippen LogP contribution in [0.4, 0.5) is 5.69 Å². The zero-order valence-corrected chi connectivity index (χ0v) is 13.5. The van der Waals surface area contributed by atoms with E-state index < -0.39 is 0 Å². The van der Waals surface area contributed by atoms with Gasteiger partial charge < -0.3 is 19.6 Å². The number of ether oxygens (including phenoxy) is 2. The second-order valence-electron chi connectivity index (χ2n) is 5.44. The zero-order chi connectivity index (χ0) is 16.9. The molecule has 0 radical (unpaired) electrons. The third-order valence-corrected chi connectivity index (χ3v) is 3.49. The Morgan fingerprint density at radius 3 is 2.88 bits per heavy atom. The van der Waals surface area contributed by atoms with Crippen LogP contribution in [0.1, 0.15) is 18.1 Å². The Kier molecular flexibility index (Phi) is 4.65. The standard InChI is InChI=1S/C18H18N2O4/c1-12-4-3-5-15(8-12)19-18(21)10-24-20-13(2)14-6-7-16-17(9-14)23-11-22-16/h3-9H,10-11H2,1-2H3,(H,19,21)/b20-13-. The first-order valence-corrected chi connectivity index (χ1v) is 7.55. The van der Waals surface area contributed by atoms with Gasteiger partial charge in [-0.05, 0) is 49.7 Å². The Morgan fingerprint density at radius 1 is 1.21 bits per heavy atom. The smallest absolute Gasteiger partial charge is 0.265 e. The molecule has 0 fully saturated rings. The molecule has 0 saturated carbocycles. The summed E-state index contributed by atoms with van der Waals surface area (Å²) in [5.41, 5.74) is 3.31. The van der Waals surface area contributed by atoms with E-state index in [4.69, 9.17) is 14.3 Å². The molecule has 1 heterocycles. The van der Waals surface area contributed by atoms with E-state index in [1.54, 1.807) is 6.92 Å². The van der Waals surface area contributed by atoms with Gasteiger partial charge in [0.05, 0.1) is 5.71 Å². The third-order valence-electron chi connectivity index (χ3n) is 3.49. The normalized spacial score (nSPS) is 12.8. The number of rotatable bonds is 5. The highest BCUT2D eigenvalue weighted by molar-refractivity contribution is 5.99. The molecule has 24 heavy (non-hydrogen) atoms. The van der Waals surface area contributed by atoms with Crippen molar-refractivity contribution in [1.29, 1.82) is 0 Å². The van der Waals surface area contributed by atoms with Gasteiger partial charge in [0.1, 0.15) is 0 Å². The highest BCUT2D eigenvalue weighted by Gasteiger charge is 2.14. The third kappa shape index (κ3) is 3.84. The molecular formula is C18H18N2O4. The summed E-state index contributed by atoms with van der Waals surface area (Å²) in [7, 11) is 0. The lowest BCUT2D eigenvalue weighted by molar-refractivity contribution is -0.120. The predicted octanol–water partition coefficient (Wildman–Crippen LogP) is 3.10. The van der Waals surface area contributed by atoms with Crippen LogP contribution in [0.3, 0.4) is 0 Å². The highest BCUT2D eigenvalue weighted by atomic mass is 16.7. The molecule has 2 aromatic carbocycles. The average Bonchev–Trinajstić information content (AvgIpc) is 3.02. The molecule has 6 heteroatoms. The van der Waals surface area contributed by atoms with Crippen LogP contribution in [-0.4, -0.2) is 25.0 Å². The molecule has 2 aromatic rings. The second kappa shape index (κ2) is 7.04. The molecule has 0 spiro atoms. The summed E-state index contributed by atoms with van der Waals surface area (Å²) in [6.07, 6.45) is 0. The van der Waals surface area contributed by atoms with E-state index in [1.165, 1.54) is 0 Å². The summed E-state index contributed by atoms with van der Waals surface area (Å²) in [6, 6.07) is 13.1. The van der Waals surface area contributed by atoms with Gasteiger partial charge in [0.2, 0.25) is 6.79 Å². The highest BCUT2D eigenvalue weighted by Crippen LogP contribution is 2.32. The monoisotopic (exact) mass is 326 g/mol. The molecule has 0 unspecified atom stereocenters. The summed E-state index contributed by atoms with van der Waals surface area (Å²) in [4.78, 5) is 17.0. The lowest BCUT2D eigenvalue weighted by atomic mass is 10.1. The summed E-state index contributed by atoms with van der Waals surface area (Å²) in [5.74, 6) is 1.13. The van der Waals surface area contributed by atoms with E-state index in [-0.39, 0.29) is 19.3 Å². The number of fused-ring (bicyclic) bond motifs is 1. The van der Waals surface area contributed by atoms with Crippen LogP contribution in [0.2, 0.25) is 0 Å². The molecule has 124 valence electrons. The largest absolute Gasteiger partial charge is 0.454 e. The molecule has 1 aliphatic heterocycles. The number of carbonyl (C=O) groups is 1. The molecule has 1 amide bonds. The molecule has 0 aliphatic carbocycles. The Hall–Kier alpha value is -3.02. The number of aryl methyl sites for hydroxylation is 1. The quantitative estimate of drug-likeness (QED) is 0.677. The van der Waals surface area contributed by atoms with E-state index in [9.17, 15) is 4.79 Å². The number of hydrogen-bond donors (Lipinski definition) is 1. The molecule has 1 N–H and O–H groups in total. The van der Waals surface area contributed by atoms with Gasteiger partial charge >= 0.3 is 0 Å². The predicted molar refractivity (Wildman–Crippen MR) is 90.5 cm³/mol. The Balaban J connectivity index is 1.54. The number of hydrogen-bond acceptors (Lipinski definition) is 5. The van der Waals surface area contributed by atoms with Crippen molar-refractivity contribution in [3.05, 3.63) is 53.6 Å². The van der Waals surface area contributed by atoms with Gasteiger partial charge in [-0.25, -0.2) is 0 Å². The van der Waals surface area contributed by atoms with Crippen molar-refractivity contribution in [3.63, 3.8) is 0 Å². The number of amides is 1. The molecule has 0 saturated heterocycles. The van der Waals surface area contributed by atoms with Crippen LogP contribution in [0.15, 0.2) is 47.6 Å². The lowest BCUT2D eigenvalue weighted by Gasteiger charge is -2.06. The first-order valence-electron chi connectivity index (χ1n) is 7.55. The lowest BCUT2D eigenvalue weighted by Crippen LogP contribution is -2.17. The van der Waals surface area contributed by atoms with E-state index in [2.05, 4.69) is 10.5 Å². The Labute approximate surface area is 140 Å². The molecule has 3 rings (SSSR count). The van der Waals surface area contributed by atoms with Gasteiger partial charge in [0.15, 0.2) is 18.1 Å². The fourth-order valence-electron chi connectivity index (χ4n) is 2.28. The summed E-state index contributed by atoms with van der Waals surface area (Å²) < 4.78 is 10.6. The fraction of sp³-hybridized carbons (Fsp3) is 0.222. The van der Waals surface area contributed by atoms with E-state index in [0.717, 1.165) is 16.8 Å². The van der Waals surface area contributed by atoms with Gasteiger partial charge in [-0.2, -0.15) is 0 Å². The molecule has 0 atom stereocenters. The van der Waals surface area contributed by atoms with E-state index in [0.29, 0.717) is 17.2 Å². The van der Waals surface area contributed by atoms with Gasteiger partial charge in [0.25, 0.3) is 5.91 Å². The summed E-state index contributed by atoms with van der Waals surface area (Å²) >= 11 is 0. The number of anilines is 1. The van der Waals surface area contributed by atoms with Crippen molar-refractivity contribution in [2.24, 2.45) is 5.16 Å². The SMILES string of the molecule is C/C(=N/OCC(=O)Nc1cccc(C)c1)c1ccc2c(c1)OCO2. The average molecular weight is 326 g/mol. The van der Waals surface area contributed by atoms with Crippen LogP contribution in [0, 0.1) is 6.92 Å². The number of oxime groups is 1. The maximum Gasteiger partial charge on any atom is 0.265 e. The van der Waals surface area contributed by atoms with Gasteiger partial charge in [-0.1, -0.05) is 17.3 Å². The summed E-state index contributed by atoms with van der Waals surface area (Å²) in [5, 5.41) is 6.74. The second-order valence-corrected chi connectivity index (χ2v) is 5.44. The molecular weight excluding hydrogens is 308 g/mol. The number of carbonyl (C=O) groups excluding carboxylic acids is 1. The van der Waals surface area contributed by atoms with Crippen LogP contribution in [0.5, 0.6) is 11.5 Å². The van der Waals surface area contributed by atoms with Crippen molar-refractivity contribution >= 4 is 17.3 Å². The minimum atomic E-state index is -0.261.